The zero-order chi connectivity index (χ0) is 17.5. The van der Waals surface area contributed by atoms with Gasteiger partial charge in [0.05, 0.1) is 12.1 Å². The first kappa shape index (κ1) is 18.5. The van der Waals surface area contributed by atoms with Gasteiger partial charge in [0.2, 0.25) is 11.8 Å². The lowest BCUT2D eigenvalue weighted by Crippen LogP contribution is -2.50. The van der Waals surface area contributed by atoms with E-state index < -0.39 is 0 Å². The SMILES string of the molecule is CCC[C@@H](NC(=O)[C@H](C)N1CCC(C(N)=O)CC1)c1ccccc1. The summed E-state index contributed by atoms with van der Waals surface area (Å²) in [4.78, 5) is 26.1. The van der Waals surface area contributed by atoms with E-state index in [9.17, 15) is 9.59 Å². The molecule has 0 bridgehead atoms. The van der Waals surface area contributed by atoms with E-state index in [-0.39, 0.29) is 29.8 Å². The third kappa shape index (κ3) is 4.81. The van der Waals surface area contributed by atoms with Gasteiger partial charge in [-0.2, -0.15) is 0 Å². The molecule has 5 nitrogen and oxygen atoms in total. The Kier molecular flexibility index (Phi) is 6.79. The van der Waals surface area contributed by atoms with E-state index in [1.165, 1.54) is 0 Å². The number of hydrogen-bond donors (Lipinski definition) is 2. The minimum absolute atomic E-state index is 0.0475. The van der Waals surface area contributed by atoms with Gasteiger partial charge in [-0.05, 0) is 44.8 Å². The van der Waals surface area contributed by atoms with Crippen molar-refractivity contribution in [3.63, 3.8) is 0 Å². The number of piperidine rings is 1. The summed E-state index contributed by atoms with van der Waals surface area (Å²) in [6.45, 7) is 5.55. The predicted octanol–water partition coefficient (Wildman–Crippen LogP) is 2.23. The molecule has 0 unspecified atom stereocenters. The first-order valence-corrected chi connectivity index (χ1v) is 8.91. The monoisotopic (exact) mass is 331 g/mol. The van der Waals surface area contributed by atoms with E-state index in [4.69, 9.17) is 5.73 Å². The van der Waals surface area contributed by atoms with E-state index in [1.807, 2.05) is 25.1 Å². The second-order valence-electron chi connectivity index (χ2n) is 6.65. The third-order valence-electron chi connectivity index (χ3n) is 4.95. The molecule has 2 rings (SSSR count). The molecule has 0 saturated carbocycles. The normalized spacial score (nSPS) is 18.8. The van der Waals surface area contributed by atoms with Gasteiger partial charge in [-0.3, -0.25) is 14.5 Å². The van der Waals surface area contributed by atoms with E-state index >= 15 is 0 Å². The summed E-state index contributed by atoms with van der Waals surface area (Å²) in [5.41, 5.74) is 6.52. The topological polar surface area (TPSA) is 75.4 Å². The van der Waals surface area contributed by atoms with Gasteiger partial charge < -0.3 is 11.1 Å². The molecule has 2 amide bonds. The highest BCUT2D eigenvalue weighted by molar-refractivity contribution is 5.82. The number of likely N-dealkylation sites (tertiary alicyclic amines) is 1. The van der Waals surface area contributed by atoms with Crippen molar-refractivity contribution in [2.24, 2.45) is 11.7 Å². The lowest BCUT2D eigenvalue weighted by Gasteiger charge is -2.35. The number of nitrogens with two attached hydrogens (primary N) is 1. The van der Waals surface area contributed by atoms with Crippen molar-refractivity contribution in [3.05, 3.63) is 35.9 Å². The summed E-state index contributed by atoms with van der Waals surface area (Å²) in [6, 6.07) is 9.97. The van der Waals surface area contributed by atoms with Gasteiger partial charge in [-0.1, -0.05) is 43.7 Å². The van der Waals surface area contributed by atoms with Gasteiger partial charge >= 0.3 is 0 Å². The number of nitrogens with zero attached hydrogens (tertiary/aromatic N) is 1. The zero-order valence-corrected chi connectivity index (χ0v) is 14.7. The number of amides is 2. The van der Waals surface area contributed by atoms with Crippen molar-refractivity contribution >= 4 is 11.8 Å². The molecule has 1 aliphatic heterocycles. The summed E-state index contributed by atoms with van der Waals surface area (Å²) in [5.74, 6) is -0.220. The molecule has 3 N–H and O–H groups in total. The maximum Gasteiger partial charge on any atom is 0.237 e. The number of primary amides is 1. The second kappa shape index (κ2) is 8.83. The van der Waals surface area contributed by atoms with Crippen LogP contribution < -0.4 is 11.1 Å². The fourth-order valence-electron chi connectivity index (χ4n) is 3.33. The average molecular weight is 331 g/mol. The highest BCUT2D eigenvalue weighted by Crippen LogP contribution is 2.21. The summed E-state index contributed by atoms with van der Waals surface area (Å²) in [5, 5.41) is 3.19. The summed E-state index contributed by atoms with van der Waals surface area (Å²) < 4.78 is 0. The fourth-order valence-corrected chi connectivity index (χ4v) is 3.33. The molecule has 2 atom stereocenters. The maximum absolute atomic E-state index is 12.7. The lowest BCUT2D eigenvalue weighted by molar-refractivity contribution is -0.128. The summed E-state index contributed by atoms with van der Waals surface area (Å²) in [6.07, 6.45) is 3.42. The van der Waals surface area contributed by atoms with Crippen LogP contribution in [0.1, 0.15) is 51.1 Å². The van der Waals surface area contributed by atoms with Crippen LogP contribution in [0.3, 0.4) is 0 Å². The van der Waals surface area contributed by atoms with E-state index in [0.29, 0.717) is 0 Å². The van der Waals surface area contributed by atoms with E-state index in [1.54, 1.807) is 0 Å². The summed E-state index contributed by atoms with van der Waals surface area (Å²) >= 11 is 0. The van der Waals surface area contributed by atoms with Gasteiger partial charge in [-0.25, -0.2) is 0 Å². The molecule has 1 aromatic carbocycles. The number of carbonyl (C=O) groups is 2. The van der Waals surface area contributed by atoms with Crippen LogP contribution in [0.15, 0.2) is 30.3 Å². The quantitative estimate of drug-likeness (QED) is 0.804. The van der Waals surface area contributed by atoms with Crippen LogP contribution in [0.5, 0.6) is 0 Å². The maximum atomic E-state index is 12.7. The molecule has 0 spiro atoms. The molecular weight excluding hydrogens is 302 g/mol. The Hall–Kier alpha value is -1.88. The molecule has 1 heterocycles. The molecule has 1 fully saturated rings. The standard InChI is InChI=1S/C19H29N3O2/c1-3-7-17(15-8-5-4-6-9-15)21-19(24)14(2)22-12-10-16(11-13-22)18(20)23/h4-6,8-9,14,16-17H,3,7,10-13H2,1-2H3,(H2,20,23)(H,21,24)/t14-,17+/m0/s1. The first-order chi connectivity index (χ1) is 11.5. The highest BCUT2D eigenvalue weighted by atomic mass is 16.2. The molecule has 0 aliphatic carbocycles. The number of benzene rings is 1. The first-order valence-electron chi connectivity index (χ1n) is 8.91. The number of nitrogens with one attached hydrogen (secondary N) is 1. The average Bonchev–Trinajstić information content (AvgIpc) is 2.61. The van der Waals surface area contributed by atoms with Crippen LogP contribution in [0.25, 0.3) is 0 Å². The Morgan fingerprint density at radius 1 is 1.25 bits per heavy atom. The van der Waals surface area contributed by atoms with E-state index in [2.05, 4.69) is 29.3 Å². The molecule has 132 valence electrons. The Morgan fingerprint density at radius 3 is 2.42 bits per heavy atom. The Balaban J connectivity index is 1.93. The van der Waals surface area contributed by atoms with Crippen LogP contribution >= 0.6 is 0 Å². The Bertz CT molecular complexity index is 539. The van der Waals surface area contributed by atoms with Crippen LogP contribution in [0.2, 0.25) is 0 Å². The Morgan fingerprint density at radius 2 is 1.88 bits per heavy atom. The van der Waals surface area contributed by atoms with E-state index in [0.717, 1.165) is 44.3 Å². The van der Waals surface area contributed by atoms with Crippen molar-refractivity contribution in [1.82, 2.24) is 10.2 Å². The zero-order valence-electron chi connectivity index (χ0n) is 14.7. The third-order valence-corrected chi connectivity index (χ3v) is 4.95. The van der Waals surface area contributed by atoms with Gasteiger partial charge in [0, 0.05) is 5.92 Å². The van der Waals surface area contributed by atoms with Gasteiger partial charge in [0.25, 0.3) is 0 Å². The predicted molar refractivity (Wildman–Crippen MR) is 95.2 cm³/mol. The van der Waals surface area contributed by atoms with Crippen molar-refractivity contribution in [1.29, 1.82) is 0 Å². The molecule has 1 aliphatic rings. The largest absolute Gasteiger partial charge is 0.369 e. The number of hydrogen-bond acceptors (Lipinski definition) is 3. The van der Waals surface area contributed by atoms with Crippen LogP contribution in [0.4, 0.5) is 0 Å². The highest BCUT2D eigenvalue weighted by Gasteiger charge is 2.29. The van der Waals surface area contributed by atoms with Crippen molar-refractivity contribution in [3.8, 4) is 0 Å². The molecular formula is C19H29N3O2. The minimum Gasteiger partial charge on any atom is -0.369 e. The molecule has 24 heavy (non-hydrogen) atoms. The lowest BCUT2D eigenvalue weighted by atomic mass is 9.95. The van der Waals surface area contributed by atoms with Crippen LogP contribution in [-0.2, 0) is 9.59 Å². The fraction of sp³-hybridized carbons (Fsp3) is 0.579. The number of carbonyl (C=O) groups excluding carboxylic acids is 2. The Labute approximate surface area is 144 Å². The van der Waals surface area contributed by atoms with Crippen molar-refractivity contribution in [2.45, 2.75) is 51.6 Å². The minimum atomic E-state index is -0.223. The molecule has 0 aromatic heterocycles. The van der Waals surface area contributed by atoms with Gasteiger partial charge in [0.15, 0.2) is 0 Å². The molecule has 1 saturated heterocycles. The van der Waals surface area contributed by atoms with Crippen LogP contribution in [0, 0.1) is 5.92 Å². The van der Waals surface area contributed by atoms with Gasteiger partial charge in [-0.15, -0.1) is 0 Å². The molecule has 0 radical (unpaired) electrons. The molecule has 5 heteroatoms. The molecule has 1 aromatic rings. The second-order valence-corrected chi connectivity index (χ2v) is 6.65. The number of rotatable bonds is 7. The van der Waals surface area contributed by atoms with Gasteiger partial charge in [0.1, 0.15) is 0 Å². The van der Waals surface area contributed by atoms with Crippen LogP contribution in [-0.4, -0.2) is 35.8 Å². The smallest absolute Gasteiger partial charge is 0.237 e. The van der Waals surface area contributed by atoms with Crippen molar-refractivity contribution in [2.75, 3.05) is 13.1 Å². The van der Waals surface area contributed by atoms with Crippen molar-refractivity contribution < 1.29 is 9.59 Å². The summed E-state index contributed by atoms with van der Waals surface area (Å²) in [7, 11) is 0.